The molecule has 0 bridgehead atoms. The number of methoxy groups -OCH3 is 2. The maximum atomic E-state index is 12.6. The quantitative estimate of drug-likeness (QED) is 0.323. The number of aryl methyl sites for hydroxylation is 2. The second kappa shape index (κ2) is 10.6. The van der Waals surface area contributed by atoms with Crippen molar-refractivity contribution in [3.63, 3.8) is 0 Å². The molecule has 0 radical (unpaired) electrons. The Kier molecular flexibility index (Phi) is 7.62. The second-order valence-electron chi connectivity index (χ2n) is 9.37. The first-order valence-electron chi connectivity index (χ1n) is 11.5. The third kappa shape index (κ3) is 6.32. The fourth-order valence-electron chi connectivity index (χ4n) is 3.65. The average molecular weight is 543 g/mol. The van der Waals surface area contributed by atoms with Gasteiger partial charge in [0.1, 0.15) is 11.5 Å². The van der Waals surface area contributed by atoms with Crippen LogP contribution in [0, 0.1) is 0 Å². The van der Waals surface area contributed by atoms with Crippen LogP contribution in [0.15, 0.2) is 63.7 Å². The molecule has 0 atom stereocenters. The number of hydrogen-bond donors (Lipinski definition) is 2. The number of nitrogen functional groups attached to an aromatic ring is 1. The van der Waals surface area contributed by atoms with Gasteiger partial charge in [-0.15, -0.1) is 0 Å². The minimum atomic E-state index is -3.58. The fraction of sp³-hybridized carbons (Fsp3) is 0.320. The molecule has 0 fully saturated rings. The number of nitrogens with one attached hydrogen (secondary N) is 1. The highest BCUT2D eigenvalue weighted by molar-refractivity contribution is 7.99. The summed E-state index contributed by atoms with van der Waals surface area (Å²) in [5.41, 5.74) is 7.03. The molecule has 0 spiro atoms. The lowest BCUT2D eigenvalue weighted by atomic mass is 10.1. The number of nitrogens with zero attached hydrogens (tertiary/aromatic N) is 4. The number of nitrogens with two attached hydrogens (primary N) is 1. The summed E-state index contributed by atoms with van der Waals surface area (Å²) in [7, 11) is -0.375. The lowest BCUT2D eigenvalue weighted by Crippen LogP contribution is -2.40. The molecule has 12 heteroatoms. The smallest absolute Gasteiger partial charge is 0.241 e. The van der Waals surface area contributed by atoms with E-state index in [0.29, 0.717) is 47.0 Å². The van der Waals surface area contributed by atoms with Gasteiger partial charge >= 0.3 is 0 Å². The summed E-state index contributed by atoms with van der Waals surface area (Å²) in [4.78, 5) is 14.6. The average Bonchev–Trinajstić information content (AvgIpc) is 3.27. The number of fused-ring (bicyclic) bond motifs is 1. The first-order valence-corrected chi connectivity index (χ1v) is 13.8. The van der Waals surface area contributed by atoms with Crippen molar-refractivity contribution in [3.05, 3.63) is 54.4 Å². The van der Waals surface area contributed by atoms with Gasteiger partial charge in [0.05, 0.1) is 30.3 Å². The molecule has 4 rings (SSSR count). The number of aromatic nitrogens is 4. The van der Waals surface area contributed by atoms with E-state index in [2.05, 4.69) is 14.7 Å². The minimum Gasteiger partial charge on any atom is -0.497 e. The number of benzene rings is 2. The normalized spacial score (nSPS) is 12.1. The predicted octanol–water partition coefficient (Wildman–Crippen LogP) is 3.85. The molecule has 0 amide bonds. The van der Waals surface area contributed by atoms with Gasteiger partial charge in [-0.2, -0.15) is 0 Å². The number of rotatable bonds is 9. The Bertz CT molecular complexity index is 1460. The predicted molar refractivity (Wildman–Crippen MR) is 143 cm³/mol. The minimum absolute atomic E-state index is 0.229. The van der Waals surface area contributed by atoms with Crippen molar-refractivity contribution in [1.82, 2.24) is 24.2 Å². The maximum Gasteiger partial charge on any atom is 0.241 e. The molecule has 0 saturated heterocycles. The maximum absolute atomic E-state index is 12.6. The van der Waals surface area contributed by atoms with Gasteiger partial charge < -0.3 is 19.8 Å². The van der Waals surface area contributed by atoms with Crippen LogP contribution in [0.2, 0.25) is 0 Å². The van der Waals surface area contributed by atoms with E-state index in [1.54, 1.807) is 53.5 Å². The molecule has 2 heterocycles. The largest absolute Gasteiger partial charge is 0.497 e. The van der Waals surface area contributed by atoms with Crippen LogP contribution < -0.4 is 19.9 Å². The molecule has 0 aliphatic carbocycles. The standard InChI is InChI=1S/C25H30N6O4S2/c1-25(2,3)30-37(32,33)18-9-6-16(7-10-18)12-13-31-15-27-22(26)21-23(31)29-24(28-21)36-20-14-17(34-4)8-11-19(20)35-5/h6-11,14-15,30H,12-13,26H2,1-5H3. The summed E-state index contributed by atoms with van der Waals surface area (Å²) >= 11 is 1.35. The molecule has 0 saturated carbocycles. The summed E-state index contributed by atoms with van der Waals surface area (Å²) in [6.07, 6.45) is 2.27. The Morgan fingerprint density at radius 2 is 1.78 bits per heavy atom. The van der Waals surface area contributed by atoms with Crippen molar-refractivity contribution in [3.8, 4) is 23.0 Å². The van der Waals surface area contributed by atoms with Crippen LogP contribution in [0.4, 0.5) is 5.82 Å². The molecule has 2 aromatic rings. The van der Waals surface area contributed by atoms with E-state index in [9.17, 15) is 8.42 Å². The van der Waals surface area contributed by atoms with Crippen LogP contribution in [-0.4, -0.2) is 47.7 Å². The van der Waals surface area contributed by atoms with Crippen LogP contribution in [0.3, 0.4) is 0 Å². The van der Waals surface area contributed by atoms with Gasteiger partial charge in [-0.25, -0.2) is 28.1 Å². The molecular formula is C25H30N6O4S2. The summed E-state index contributed by atoms with van der Waals surface area (Å²) in [6.45, 7) is 5.98. The molecular weight excluding hydrogens is 512 g/mol. The number of sulfonamides is 1. The van der Waals surface area contributed by atoms with E-state index in [4.69, 9.17) is 20.2 Å². The third-order valence-electron chi connectivity index (χ3n) is 5.36. The topological polar surface area (TPSA) is 134 Å². The summed E-state index contributed by atoms with van der Waals surface area (Å²) in [5.74, 6) is 2.29. The van der Waals surface area contributed by atoms with E-state index >= 15 is 0 Å². The zero-order valence-corrected chi connectivity index (χ0v) is 23.0. The molecule has 37 heavy (non-hydrogen) atoms. The van der Waals surface area contributed by atoms with Gasteiger partial charge in [-0.1, -0.05) is 12.1 Å². The van der Waals surface area contributed by atoms with Crippen molar-refractivity contribution >= 4 is 27.6 Å². The lowest BCUT2D eigenvalue weighted by Gasteiger charge is -2.20. The third-order valence-corrected chi connectivity index (χ3v) is 8.04. The number of hydrogen-bond acceptors (Lipinski definition) is 9. The van der Waals surface area contributed by atoms with Crippen LogP contribution in [-0.2, 0) is 23.0 Å². The van der Waals surface area contributed by atoms with Crippen LogP contribution >= 0.6 is 11.8 Å². The van der Waals surface area contributed by atoms with Gasteiger partial charge in [0.25, 0.3) is 0 Å². The molecule has 0 unspecified atom stereocenters. The molecule has 2 aromatic carbocycles. The highest BCUT2D eigenvalue weighted by Crippen LogP contribution is 2.38. The molecule has 3 N–H and O–H groups in total. The number of ether oxygens (including phenoxy) is 2. The van der Waals surface area contributed by atoms with Crippen LogP contribution in [0.5, 0.6) is 11.5 Å². The van der Waals surface area contributed by atoms with Crippen molar-refractivity contribution in [2.24, 2.45) is 0 Å². The number of imidazole rings is 1. The Balaban J connectivity index is 1.53. The van der Waals surface area contributed by atoms with Gasteiger partial charge in [-0.05, 0) is 74.8 Å². The van der Waals surface area contributed by atoms with Crippen LogP contribution in [0.25, 0.3) is 11.5 Å². The van der Waals surface area contributed by atoms with Gasteiger partial charge in [-0.3, -0.25) is 0 Å². The highest BCUT2D eigenvalue weighted by Gasteiger charge is 2.23. The van der Waals surface area contributed by atoms with Crippen molar-refractivity contribution in [2.45, 2.75) is 54.2 Å². The molecule has 0 aromatic heterocycles. The first kappa shape index (κ1) is 26.7. The van der Waals surface area contributed by atoms with Gasteiger partial charge in [0.15, 0.2) is 22.5 Å². The van der Waals surface area contributed by atoms with E-state index < -0.39 is 15.6 Å². The highest BCUT2D eigenvalue weighted by atomic mass is 32.2. The summed E-state index contributed by atoms with van der Waals surface area (Å²) < 4.78 is 40.5. The SMILES string of the molecule is COc1ccc(OC)c(Sc2nc3c(N)ncn(CCc4ccc(S(=O)(=O)NC(C)(C)C)cc4)c-3n2)c1. The second-order valence-corrected chi connectivity index (χ2v) is 12.1. The van der Waals surface area contributed by atoms with E-state index in [1.807, 2.05) is 34.9 Å². The zero-order valence-electron chi connectivity index (χ0n) is 21.3. The Hall–Kier alpha value is -3.35. The summed E-state index contributed by atoms with van der Waals surface area (Å²) in [5, 5.41) is 0.510. The van der Waals surface area contributed by atoms with Crippen molar-refractivity contribution in [2.75, 3.05) is 20.0 Å². The fourth-order valence-corrected chi connectivity index (χ4v) is 5.96. The Morgan fingerprint density at radius 3 is 2.43 bits per heavy atom. The lowest BCUT2D eigenvalue weighted by molar-refractivity contribution is 0.394. The number of anilines is 1. The molecule has 10 nitrogen and oxygen atoms in total. The van der Waals surface area contributed by atoms with E-state index in [-0.39, 0.29) is 4.90 Å². The Morgan fingerprint density at radius 1 is 1.05 bits per heavy atom. The molecule has 2 aliphatic heterocycles. The zero-order chi connectivity index (χ0) is 26.8. The van der Waals surface area contributed by atoms with Crippen LogP contribution in [0.1, 0.15) is 26.3 Å². The molecule has 2 aliphatic rings. The van der Waals surface area contributed by atoms with Gasteiger partial charge in [0.2, 0.25) is 10.0 Å². The first-order chi connectivity index (χ1) is 17.5. The van der Waals surface area contributed by atoms with Gasteiger partial charge in [0, 0.05) is 12.1 Å². The van der Waals surface area contributed by atoms with E-state index in [0.717, 1.165) is 10.5 Å². The summed E-state index contributed by atoms with van der Waals surface area (Å²) in [6, 6.07) is 12.4. The van der Waals surface area contributed by atoms with Crippen molar-refractivity contribution < 1.29 is 17.9 Å². The van der Waals surface area contributed by atoms with E-state index in [1.165, 1.54) is 11.8 Å². The molecule has 196 valence electrons. The van der Waals surface area contributed by atoms with Crippen molar-refractivity contribution in [1.29, 1.82) is 0 Å². The Labute approximate surface area is 221 Å². The monoisotopic (exact) mass is 542 g/mol.